The van der Waals surface area contributed by atoms with Gasteiger partial charge in [0.05, 0.1) is 0 Å². The molecule has 1 aromatic carbocycles. The second-order valence-electron chi connectivity index (χ2n) is 1.39. The second-order valence-corrected chi connectivity index (χ2v) is 2.48. The lowest BCUT2D eigenvalue weighted by molar-refractivity contribution is 1.48. The fourth-order valence-corrected chi connectivity index (χ4v) is 1.04. The Morgan fingerprint density at radius 1 is 1.12 bits per heavy atom. The summed E-state index contributed by atoms with van der Waals surface area (Å²) >= 11 is 0. The molecule has 0 saturated heterocycles. The maximum absolute atomic E-state index is 5.44. The minimum atomic E-state index is 1.09. The van der Waals surface area contributed by atoms with Crippen LogP contribution in [-0.2, 0) is 0 Å². The van der Waals surface area contributed by atoms with Gasteiger partial charge in [-0.05, 0) is 33.8 Å². The minimum Gasteiger partial charge on any atom is -0.0622 e. The van der Waals surface area contributed by atoms with E-state index in [1.165, 1.54) is 11.0 Å². The summed E-state index contributed by atoms with van der Waals surface area (Å²) in [6.45, 7) is 0. The van der Waals surface area contributed by atoms with Crippen molar-refractivity contribution in [3.05, 3.63) is 30.3 Å². The highest BCUT2D eigenvalue weighted by Crippen LogP contribution is 2.19. The van der Waals surface area contributed by atoms with Crippen LogP contribution in [0.4, 0.5) is 0 Å². The molecule has 0 heterocycles. The van der Waals surface area contributed by atoms with Crippen molar-refractivity contribution in [3.8, 4) is 0 Å². The van der Waals surface area contributed by atoms with Gasteiger partial charge in [0.15, 0.2) is 0 Å². The maximum atomic E-state index is 5.44. The monoisotopic (exact) mass is 150 g/mol. The van der Waals surface area contributed by atoms with E-state index in [4.69, 9.17) is 10.7 Å². The molecule has 0 nitrogen and oxygen atoms in total. The molecule has 0 N–H and O–H groups in total. The second kappa shape index (κ2) is 3.00. The quantitative estimate of drug-likeness (QED) is 0.593. The van der Waals surface area contributed by atoms with Crippen LogP contribution in [0.2, 0.25) is 0 Å². The smallest absolute Gasteiger partial charge is 0.0233 e. The Morgan fingerprint density at radius 3 is 2.12 bits per heavy atom. The first-order valence-corrected chi connectivity index (χ1v) is 3.91. The average molecular weight is 151 g/mol. The number of rotatable bonds is 1. The maximum Gasteiger partial charge on any atom is 0.0233 e. The lowest BCUT2D eigenvalue weighted by atomic mass is 11.4. The standard InChI is InChI=1S/C6H5ClS/c7-8-6-4-2-1-3-5-6/h1-5H/i1+1,2+1,3+1,4+1,5+1,6+1. The van der Waals surface area contributed by atoms with Gasteiger partial charge in [0, 0.05) is 4.90 Å². The molecule has 1 aromatic rings. The molecular formula is C6H5ClS. The molecule has 8 heavy (non-hydrogen) atoms. The third-order valence-electron chi connectivity index (χ3n) is 0.832. The van der Waals surface area contributed by atoms with Crippen molar-refractivity contribution >= 4 is 21.7 Å². The third kappa shape index (κ3) is 1.42. The SMILES string of the molecule is ClS[13c]1[13cH][13cH][13cH][13cH][13cH]1. The van der Waals surface area contributed by atoms with Crippen LogP contribution in [0.25, 0.3) is 0 Å². The van der Waals surface area contributed by atoms with Gasteiger partial charge in [0.1, 0.15) is 0 Å². The van der Waals surface area contributed by atoms with E-state index < -0.39 is 0 Å². The molecule has 0 radical (unpaired) electrons. The number of hydrogen-bond donors (Lipinski definition) is 0. The predicted molar refractivity (Wildman–Crippen MR) is 38.2 cm³/mol. The van der Waals surface area contributed by atoms with Crippen LogP contribution in [0.1, 0.15) is 0 Å². The van der Waals surface area contributed by atoms with Crippen LogP contribution < -0.4 is 0 Å². The number of halogens is 1. The molecule has 0 fully saturated rings. The van der Waals surface area contributed by atoms with Gasteiger partial charge in [-0.3, -0.25) is 0 Å². The van der Waals surface area contributed by atoms with E-state index >= 15 is 0 Å². The summed E-state index contributed by atoms with van der Waals surface area (Å²) in [6, 6.07) is 9.83. The van der Waals surface area contributed by atoms with E-state index in [1.807, 2.05) is 30.3 Å². The average Bonchev–Trinajstić information content (AvgIpc) is 1.90. The minimum absolute atomic E-state index is 1.09. The van der Waals surface area contributed by atoms with Gasteiger partial charge in [0.2, 0.25) is 0 Å². The summed E-state index contributed by atoms with van der Waals surface area (Å²) in [4.78, 5) is 1.09. The first-order chi connectivity index (χ1) is 3.93. The molecular weight excluding hydrogens is 146 g/mol. The molecule has 0 aliphatic carbocycles. The highest BCUT2D eigenvalue weighted by atomic mass is 35.7. The molecule has 0 unspecified atom stereocenters. The molecule has 0 amide bonds. The largest absolute Gasteiger partial charge is 0.0622 e. The predicted octanol–water partition coefficient (Wildman–Crippen LogP) is 2.93. The Morgan fingerprint density at radius 2 is 1.75 bits per heavy atom. The van der Waals surface area contributed by atoms with Gasteiger partial charge in [0.25, 0.3) is 0 Å². The van der Waals surface area contributed by atoms with Gasteiger partial charge < -0.3 is 0 Å². The molecule has 0 saturated carbocycles. The first-order valence-electron chi connectivity index (χ1n) is 2.27. The van der Waals surface area contributed by atoms with Crippen molar-refractivity contribution in [2.75, 3.05) is 0 Å². The zero-order chi connectivity index (χ0) is 5.82. The van der Waals surface area contributed by atoms with Crippen LogP contribution in [0.3, 0.4) is 0 Å². The van der Waals surface area contributed by atoms with Gasteiger partial charge >= 0.3 is 0 Å². The summed E-state index contributed by atoms with van der Waals surface area (Å²) in [6.07, 6.45) is 0. The molecule has 0 aliphatic rings. The lowest BCUT2D eigenvalue weighted by Gasteiger charge is -1.86. The lowest BCUT2D eigenvalue weighted by Crippen LogP contribution is -1.59. The van der Waals surface area contributed by atoms with Gasteiger partial charge in [-0.1, -0.05) is 18.2 Å². The molecule has 0 aliphatic heterocycles. The van der Waals surface area contributed by atoms with E-state index in [2.05, 4.69) is 0 Å². The van der Waals surface area contributed by atoms with Gasteiger partial charge in [-0.15, -0.1) is 0 Å². The van der Waals surface area contributed by atoms with E-state index in [9.17, 15) is 0 Å². The van der Waals surface area contributed by atoms with Crippen molar-refractivity contribution in [2.45, 2.75) is 4.90 Å². The van der Waals surface area contributed by atoms with E-state index in [0.717, 1.165) is 4.90 Å². The van der Waals surface area contributed by atoms with Crippen LogP contribution in [0.5, 0.6) is 0 Å². The molecule has 0 aromatic heterocycles. The normalized spacial score (nSPS) is 9.12. The Hall–Kier alpha value is -0.140. The summed E-state index contributed by atoms with van der Waals surface area (Å²) < 4.78 is 0. The van der Waals surface area contributed by atoms with Crippen LogP contribution in [0, 0.1) is 0 Å². The molecule has 42 valence electrons. The van der Waals surface area contributed by atoms with Crippen molar-refractivity contribution < 1.29 is 0 Å². The topological polar surface area (TPSA) is 0 Å². The van der Waals surface area contributed by atoms with Crippen LogP contribution in [0.15, 0.2) is 35.2 Å². The summed E-state index contributed by atoms with van der Waals surface area (Å²) in [5, 5.41) is 0. The van der Waals surface area contributed by atoms with Crippen LogP contribution >= 0.6 is 21.7 Å². The van der Waals surface area contributed by atoms with E-state index in [-0.39, 0.29) is 0 Å². The van der Waals surface area contributed by atoms with Crippen LogP contribution in [-0.4, -0.2) is 0 Å². The van der Waals surface area contributed by atoms with E-state index in [0.29, 0.717) is 0 Å². The molecule has 0 bridgehead atoms. The van der Waals surface area contributed by atoms with Crippen molar-refractivity contribution in [1.29, 1.82) is 0 Å². The molecule has 1 rings (SSSR count). The van der Waals surface area contributed by atoms with Gasteiger partial charge in [-0.25, -0.2) is 0 Å². The third-order valence-corrected chi connectivity index (χ3v) is 1.82. The Bertz CT molecular complexity index is 150. The van der Waals surface area contributed by atoms with Crippen molar-refractivity contribution in [3.63, 3.8) is 0 Å². The highest BCUT2D eigenvalue weighted by molar-refractivity contribution is 8.21. The van der Waals surface area contributed by atoms with E-state index in [1.54, 1.807) is 0 Å². The molecule has 0 atom stereocenters. The van der Waals surface area contributed by atoms with Gasteiger partial charge in [-0.2, -0.15) is 0 Å². The zero-order valence-electron chi connectivity index (χ0n) is 4.17. The molecule has 0 spiro atoms. The van der Waals surface area contributed by atoms with Crippen molar-refractivity contribution in [1.82, 2.24) is 0 Å². The fourth-order valence-electron chi connectivity index (χ4n) is 0.472. The Labute approximate surface area is 57.4 Å². The summed E-state index contributed by atoms with van der Waals surface area (Å²) in [5.41, 5.74) is 0. The Balaban J connectivity index is 2.83. The summed E-state index contributed by atoms with van der Waals surface area (Å²) in [7, 11) is 6.68. The number of hydrogen-bond acceptors (Lipinski definition) is 1. The summed E-state index contributed by atoms with van der Waals surface area (Å²) in [5.74, 6) is 0. The first kappa shape index (κ1) is 5.99. The fraction of sp³-hybridized carbons (Fsp3) is 0. The number of benzene rings is 1. The Kier molecular flexibility index (Phi) is 2.25. The zero-order valence-corrected chi connectivity index (χ0v) is 5.75. The van der Waals surface area contributed by atoms with Crippen molar-refractivity contribution in [2.24, 2.45) is 0 Å². The molecule has 2 heteroatoms. The highest BCUT2D eigenvalue weighted by Gasteiger charge is 1.82.